The number of para-hydroxylation sites is 1. The molecule has 0 amide bonds. The molecule has 0 saturated heterocycles. The summed E-state index contributed by atoms with van der Waals surface area (Å²) in [5, 5.41) is 1.90. The number of fused-ring (bicyclic) bond motifs is 3. The van der Waals surface area contributed by atoms with Crippen molar-refractivity contribution >= 4 is 44.6 Å². The summed E-state index contributed by atoms with van der Waals surface area (Å²) in [6.07, 6.45) is 6.40. The standard InChI is InChI=1S/C18H12BrClO/c19-16-10-11(20)8-9-12(16)14-5-3-6-15-13-4-1-2-7-17(13)21-18(14)15/h1,3-6,8-10H,2,7H2. The number of allylic oxidation sites excluding steroid dienone is 1. The summed E-state index contributed by atoms with van der Waals surface area (Å²) in [7, 11) is 0. The Balaban J connectivity index is 2.01. The van der Waals surface area contributed by atoms with Crippen LogP contribution in [0.15, 0.2) is 51.4 Å². The summed E-state index contributed by atoms with van der Waals surface area (Å²) in [6.45, 7) is 0. The minimum Gasteiger partial charge on any atom is -0.460 e. The van der Waals surface area contributed by atoms with Crippen LogP contribution in [0, 0.1) is 0 Å². The average molecular weight is 360 g/mol. The van der Waals surface area contributed by atoms with Crippen LogP contribution in [0.1, 0.15) is 17.7 Å². The van der Waals surface area contributed by atoms with E-state index in [4.69, 9.17) is 16.0 Å². The predicted octanol–water partition coefficient (Wildman–Crippen LogP) is 6.48. The van der Waals surface area contributed by atoms with Gasteiger partial charge in [0.25, 0.3) is 0 Å². The van der Waals surface area contributed by atoms with E-state index in [1.54, 1.807) is 0 Å². The van der Waals surface area contributed by atoms with Crippen molar-refractivity contribution in [3.63, 3.8) is 0 Å². The van der Waals surface area contributed by atoms with Gasteiger partial charge in [-0.25, -0.2) is 0 Å². The molecule has 0 fully saturated rings. The molecule has 104 valence electrons. The van der Waals surface area contributed by atoms with E-state index in [1.807, 2.05) is 18.2 Å². The van der Waals surface area contributed by atoms with Gasteiger partial charge in [-0.05, 0) is 24.1 Å². The molecule has 2 aromatic carbocycles. The first-order valence-electron chi connectivity index (χ1n) is 6.90. The minimum absolute atomic E-state index is 0.722. The van der Waals surface area contributed by atoms with Crippen LogP contribution in [0.3, 0.4) is 0 Å². The van der Waals surface area contributed by atoms with Gasteiger partial charge >= 0.3 is 0 Å². The summed E-state index contributed by atoms with van der Waals surface area (Å²) in [5.41, 5.74) is 4.37. The molecule has 0 atom stereocenters. The smallest absolute Gasteiger partial charge is 0.142 e. The van der Waals surface area contributed by atoms with Gasteiger partial charge in [-0.2, -0.15) is 0 Å². The van der Waals surface area contributed by atoms with Gasteiger partial charge in [0, 0.05) is 32.4 Å². The van der Waals surface area contributed by atoms with Crippen LogP contribution < -0.4 is 0 Å². The highest BCUT2D eigenvalue weighted by Gasteiger charge is 2.18. The molecule has 21 heavy (non-hydrogen) atoms. The number of aryl methyl sites for hydroxylation is 1. The van der Waals surface area contributed by atoms with Crippen molar-refractivity contribution in [3.05, 3.63) is 63.3 Å². The molecule has 3 heteroatoms. The Hall–Kier alpha value is -1.51. The van der Waals surface area contributed by atoms with E-state index in [2.05, 4.69) is 46.3 Å². The predicted molar refractivity (Wildman–Crippen MR) is 91.7 cm³/mol. The third kappa shape index (κ3) is 2.14. The first kappa shape index (κ1) is 13.2. The van der Waals surface area contributed by atoms with E-state index in [0.717, 1.165) is 44.8 Å². The summed E-state index contributed by atoms with van der Waals surface area (Å²) in [6, 6.07) is 12.1. The topological polar surface area (TPSA) is 13.1 Å². The molecular formula is C18H12BrClO. The molecule has 0 aliphatic heterocycles. The Kier molecular flexibility index (Phi) is 3.16. The molecule has 0 spiro atoms. The molecule has 3 aromatic rings. The van der Waals surface area contributed by atoms with E-state index < -0.39 is 0 Å². The molecule has 0 radical (unpaired) electrons. The van der Waals surface area contributed by atoms with Crippen molar-refractivity contribution in [2.75, 3.05) is 0 Å². The van der Waals surface area contributed by atoms with E-state index >= 15 is 0 Å². The zero-order valence-electron chi connectivity index (χ0n) is 11.2. The largest absolute Gasteiger partial charge is 0.460 e. The fourth-order valence-corrected chi connectivity index (χ4v) is 3.79. The third-order valence-electron chi connectivity index (χ3n) is 3.87. The van der Waals surface area contributed by atoms with Crippen molar-refractivity contribution in [1.29, 1.82) is 0 Å². The fourth-order valence-electron chi connectivity index (χ4n) is 2.89. The Bertz CT molecular complexity index is 876. The Morgan fingerprint density at radius 3 is 2.86 bits per heavy atom. The zero-order valence-corrected chi connectivity index (χ0v) is 13.5. The second-order valence-electron chi connectivity index (χ2n) is 5.19. The monoisotopic (exact) mass is 358 g/mol. The van der Waals surface area contributed by atoms with Gasteiger partial charge < -0.3 is 4.42 Å². The Labute approximate surface area is 136 Å². The van der Waals surface area contributed by atoms with Crippen LogP contribution in [0.4, 0.5) is 0 Å². The van der Waals surface area contributed by atoms with E-state index in [-0.39, 0.29) is 0 Å². The van der Waals surface area contributed by atoms with Gasteiger partial charge in [-0.3, -0.25) is 0 Å². The van der Waals surface area contributed by atoms with E-state index in [1.165, 1.54) is 10.9 Å². The van der Waals surface area contributed by atoms with Gasteiger partial charge in [-0.15, -0.1) is 0 Å². The van der Waals surface area contributed by atoms with Crippen molar-refractivity contribution in [3.8, 4) is 11.1 Å². The highest BCUT2D eigenvalue weighted by atomic mass is 79.9. The minimum atomic E-state index is 0.722. The molecule has 1 aliphatic carbocycles. The van der Waals surface area contributed by atoms with Crippen LogP contribution in [-0.4, -0.2) is 0 Å². The first-order valence-corrected chi connectivity index (χ1v) is 8.07. The fraction of sp³-hybridized carbons (Fsp3) is 0.111. The second-order valence-corrected chi connectivity index (χ2v) is 6.48. The molecule has 0 N–H and O–H groups in total. The summed E-state index contributed by atoms with van der Waals surface area (Å²) in [4.78, 5) is 0. The molecule has 0 saturated carbocycles. The van der Waals surface area contributed by atoms with Crippen LogP contribution in [0.2, 0.25) is 5.02 Å². The third-order valence-corrected chi connectivity index (χ3v) is 4.77. The lowest BCUT2D eigenvalue weighted by Gasteiger charge is -2.06. The van der Waals surface area contributed by atoms with Gasteiger partial charge in [0.1, 0.15) is 11.3 Å². The van der Waals surface area contributed by atoms with Crippen LogP contribution in [0.5, 0.6) is 0 Å². The number of halogens is 2. The number of rotatable bonds is 1. The van der Waals surface area contributed by atoms with Gasteiger partial charge in [0.05, 0.1) is 0 Å². The molecule has 1 nitrogen and oxygen atoms in total. The lowest BCUT2D eigenvalue weighted by molar-refractivity contribution is 0.547. The number of furan rings is 1. The van der Waals surface area contributed by atoms with Crippen molar-refractivity contribution in [1.82, 2.24) is 0 Å². The van der Waals surface area contributed by atoms with Crippen molar-refractivity contribution in [2.45, 2.75) is 12.8 Å². The average Bonchev–Trinajstić information content (AvgIpc) is 2.86. The molecule has 4 rings (SSSR count). The summed E-state index contributed by atoms with van der Waals surface area (Å²) in [5.74, 6) is 1.09. The molecule has 1 heterocycles. The Morgan fingerprint density at radius 2 is 2.00 bits per heavy atom. The SMILES string of the molecule is Clc1ccc(-c2cccc3c4c(oc23)CCC=C4)c(Br)c1. The van der Waals surface area contributed by atoms with Gasteiger partial charge in [-0.1, -0.05) is 63.9 Å². The van der Waals surface area contributed by atoms with E-state index in [0.29, 0.717) is 0 Å². The second kappa shape index (κ2) is 5.04. The van der Waals surface area contributed by atoms with E-state index in [9.17, 15) is 0 Å². The number of benzene rings is 2. The van der Waals surface area contributed by atoms with Crippen LogP contribution in [-0.2, 0) is 6.42 Å². The van der Waals surface area contributed by atoms with Gasteiger partial charge in [0.15, 0.2) is 0 Å². The van der Waals surface area contributed by atoms with Gasteiger partial charge in [0.2, 0.25) is 0 Å². The molecule has 1 aliphatic rings. The van der Waals surface area contributed by atoms with Crippen LogP contribution in [0.25, 0.3) is 28.2 Å². The molecular weight excluding hydrogens is 348 g/mol. The maximum absolute atomic E-state index is 6.16. The summed E-state index contributed by atoms with van der Waals surface area (Å²) >= 11 is 9.64. The molecule has 0 unspecified atom stereocenters. The number of hydrogen-bond donors (Lipinski definition) is 0. The molecule has 0 bridgehead atoms. The first-order chi connectivity index (χ1) is 10.2. The normalized spacial score (nSPS) is 13.6. The highest BCUT2D eigenvalue weighted by molar-refractivity contribution is 9.10. The lowest BCUT2D eigenvalue weighted by Crippen LogP contribution is -1.87. The molecule has 1 aromatic heterocycles. The zero-order chi connectivity index (χ0) is 14.4. The quantitative estimate of drug-likeness (QED) is 0.485. The lowest BCUT2D eigenvalue weighted by atomic mass is 9.99. The highest BCUT2D eigenvalue weighted by Crippen LogP contribution is 2.39. The maximum atomic E-state index is 6.16. The number of hydrogen-bond acceptors (Lipinski definition) is 1. The van der Waals surface area contributed by atoms with Crippen molar-refractivity contribution in [2.24, 2.45) is 0 Å². The summed E-state index contributed by atoms with van der Waals surface area (Å²) < 4.78 is 7.14. The van der Waals surface area contributed by atoms with Crippen LogP contribution >= 0.6 is 27.5 Å². The van der Waals surface area contributed by atoms with Crippen molar-refractivity contribution < 1.29 is 4.42 Å². The maximum Gasteiger partial charge on any atom is 0.142 e. The Morgan fingerprint density at radius 1 is 1.10 bits per heavy atom.